The lowest BCUT2D eigenvalue weighted by atomic mass is 10.1. The summed E-state index contributed by atoms with van der Waals surface area (Å²) in [5.41, 5.74) is 6.65. The summed E-state index contributed by atoms with van der Waals surface area (Å²) in [5.74, 6) is 0.273. The van der Waals surface area contributed by atoms with E-state index in [1.807, 2.05) is 26.2 Å². The Bertz CT molecular complexity index is 397. The predicted octanol–water partition coefficient (Wildman–Crippen LogP) is 1.66. The fourth-order valence-electron chi connectivity index (χ4n) is 1.58. The van der Waals surface area contributed by atoms with Crippen LogP contribution in [0.5, 0.6) is 0 Å². The van der Waals surface area contributed by atoms with Crippen molar-refractivity contribution < 1.29 is 5.21 Å². The number of rotatable bonds is 5. The van der Waals surface area contributed by atoms with Gasteiger partial charge in [-0.25, -0.2) is 0 Å². The van der Waals surface area contributed by atoms with Gasteiger partial charge in [-0.15, -0.1) is 0 Å². The zero-order valence-electron chi connectivity index (χ0n) is 9.97. The number of hydrogen-bond donors (Lipinski definition) is 2. The van der Waals surface area contributed by atoms with E-state index < -0.39 is 0 Å². The second kappa shape index (κ2) is 6.56. The molecule has 3 N–H and O–H groups in total. The van der Waals surface area contributed by atoms with E-state index in [4.69, 9.17) is 10.9 Å². The van der Waals surface area contributed by atoms with Crippen molar-refractivity contribution in [3.63, 3.8) is 0 Å². The van der Waals surface area contributed by atoms with Crippen molar-refractivity contribution in [2.45, 2.75) is 13.5 Å². The average molecular weight is 301 g/mol. The van der Waals surface area contributed by atoms with Crippen molar-refractivity contribution in [1.29, 1.82) is 0 Å². The Morgan fingerprint density at radius 3 is 2.94 bits per heavy atom. The van der Waals surface area contributed by atoms with Crippen molar-refractivity contribution in [2.75, 3.05) is 13.6 Å². The molecule has 1 aromatic rings. The third-order valence-electron chi connectivity index (χ3n) is 2.42. The maximum absolute atomic E-state index is 8.57. The standard InChI is InChI=1S/C11H17BrN4O/c1-8(11(13)15-17)6-16(2)7-9-3-10(12)5-14-4-9/h3-5,8,17H,6-7H2,1-2H3,(H2,13,15). The Hall–Kier alpha value is -1.14. The van der Waals surface area contributed by atoms with Gasteiger partial charge in [-0.05, 0) is 34.6 Å². The van der Waals surface area contributed by atoms with Crippen LogP contribution in [0.15, 0.2) is 28.1 Å². The van der Waals surface area contributed by atoms with Crippen LogP contribution < -0.4 is 5.73 Å². The van der Waals surface area contributed by atoms with Gasteiger partial charge in [0.2, 0.25) is 0 Å². The highest BCUT2D eigenvalue weighted by Crippen LogP contribution is 2.11. The van der Waals surface area contributed by atoms with E-state index in [0.29, 0.717) is 0 Å². The van der Waals surface area contributed by atoms with E-state index in [1.54, 1.807) is 6.20 Å². The van der Waals surface area contributed by atoms with E-state index in [0.717, 1.165) is 23.1 Å². The zero-order chi connectivity index (χ0) is 12.8. The molecule has 0 saturated carbocycles. The average Bonchev–Trinajstić information content (AvgIpc) is 2.27. The largest absolute Gasteiger partial charge is 0.409 e. The van der Waals surface area contributed by atoms with Crippen LogP contribution in [0, 0.1) is 5.92 Å². The van der Waals surface area contributed by atoms with Gasteiger partial charge in [-0.1, -0.05) is 12.1 Å². The molecule has 6 heteroatoms. The van der Waals surface area contributed by atoms with Crippen LogP contribution in [0.3, 0.4) is 0 Å². The minimum absolute atomic E-state index is 0.0186. The number of nitrogens with two attached hydrogens (primary N) is 1. The molecule has 1 atom stereocenters. The SMILES string of the molecule is CC(CN(C)Cc1cncc(Br)c1)/C(N)=N/O. The lowest BCUT2D eigenvalue weighted by Crippen LogP contribution is -2.32. The molecule has 1 rings (SSSR count). The van der Waals surface area contributed by atoms with Gasteiger partial charge >= 0.3 is 0 Å². The Balaban J connectivity index is 2.52. The second-order valence-corrected chi connectivity index (χ2v) is 5.05. The predicted molar refractivity (Wildman–Crippen MR) is 70.8 cm³/mol. The molecular weight excluding hydrogens is 284 g/mol. The smallest absolute Gasteiger partial charge is 0.143 e. The molecule has 0 aliphatic carbocycles. The van der Waals surface area contributed by atoms with Crippen LogP contribution >= 0.6 is 15.9 Å². The molecule has 0 fully saturated rings. The van der Waals surface area contributed by atoms with Crippen LogP contribution in [-0.2, 0) is 6.54 Å². The maximum atomic E-state index is 8.57. The molecule has 0 spiro atoms. The van der Waals surface area contributed by atoms with E-state index in [1.165, 1.54) is 0 Å². The Morgan fingerprint density at radius 1 is 1.65 bits per heavy atom. The highest BCUT2D eigenvalue weighted by Gasteiger charge is 2.11. The first-order chi connectivity index (χ1) is 8.02. The molecule has 0 aromatic carbocycles. The lowest BCUT2D eigenvalue weighted by molar-refractivity contribution is 0.290. The first-order valence-corrected chi connectivity index (χ1v) is 6.07. The molecule has 0 aliphatic heterocycles. The van der Waals surface area contributed by atoms with Crippen LogP contribution in [-0.4, -0.2) is 34.5 Å². The second-order valence-electron chi connectivity index (χ2n) is 4.13. The van der Waals surface area contributed by atoms with Crippen molar-refractivity contribution in [2.24, 2.45) is 16.8 Å². The third kappa shape index (κ3) is 4.70. The summed E-state index contributed by atoms with van der Waals surface area (Å²) < 4.78 is 0.966. The molecule has 0 radical (unpaired) electrons. The number of oxime groups is 1. The van der Waals surface area contributed by atoms with Gasteiger partial charge in [0.1, 0.15) is 5.84 Å². The molecule has 94 valence electrons. The summed E-state index contributed by atoms with van der Waals surface area (Å²) in [6.45, 7) is 3.42. The summed E-state index contributed by atoms with van der Waals surface area (Å²) in [6.07, 6.45) is 3.58. The number of halogens is 1. The number of nitrogens with zero attached hydrogens (tertiary/aromatic N) is 3. The van der Waals surface area contributed by atoms with Crippen LogP contribution in [0.25, 0.3) is 0 Å². The van der Waals surface area contributed by atoms with Crippen molar-refractivity contribution >= 4 is 21.8 Å². The highest BCUT2D eigenvalue weighted by atomic mass is 79.9. The Labute approximate surface area is 109 Å². The van der Waals surface area contributed by atoms with Gasteiger partial charge in [-0.2, -0.15) is 0 Å². The molecule has 17 heavy (non-hydrogen) atoms. The Morgan fingerprint density at radius 2 is 2.35 bits per heavy atom. The maximum Gasteiger partial charge on any atom is 0.143 e. The van der Waals surface area contributed by atoms with E-state index >= 15 is 0 Å². The third-order valence-corrected chi connectivity index (χ3v) is 2.85. The summed E-state index contributed by atoms with van der Waals surface area (Å²) in [5, 5.41) is 11.6. The van der Waals surface area contributed by atoms with Crippen molar-refractivity contribution in [3.05, 3.63) is 28.5 Å². The van der Waals surface area contributed by atoms with Crippen LogP contribution in [0.1, 0.15) is 12.5 Å². The molecule has 0 bridgehead atoms. The Kier molecular flexibility index (Phi) is 5.37. The van der Waals surface area contributed by atoms with Gasteiger partial charge in [0, 0.05) is 35.9 Å². The van der Waals surface area contributed by atoms with Gasteiger partial charge < -0.3 is 15.8 Å². The molecule has 0 aliphatic rings. The number of hydrogen-bond acceptors (Lipinski definition) is 4. The number of aromatic nitrogens is 1. The molecule has 1 heterocycles. The van der Waals surface area contributed by atoms with Crippen LogP contribution in [0.4, 0.5) is 0 Å². The summed E-state index contributed by atoms with van der Waals surface area (Å²) >= 11 is 3.38. The minimum Gasteiger partial charge on any atom is -0.409 e. The number of amidine groups is 1. The fraction of sp³-hybridized carbons (Fsp3) is 0.455. The van der Waals surface area contributed by atoms with Crippen molar-refractivity contribution in [1.82, 2.24) is 9.88 Å². The fourth-order valence-corrected chi connectivity index (χ4v) is 1.99. The summed E-state index contributed by atoms with van der Waals surface area (Å²) in [4.78, 5) is 6.21. The van der Waals surface area contributed by atoms with E-state index in [2.05, 4.69) is 31.0 Å². The summed E-state index contributed by atoms with van der Waals surface area (Å²) in [6, 6.07) is 2.03. The van der Waals surface area contributed by atoms with Gasteiger partial charge in [0.15, 0.2) is 0 Å². The highest BCUT2D eigenvalue weighted by molar-refractivity contribution is 9.10. The molecule has 5 nitrogen and oxygen atoms in total. The monoisotopic (exact) mass is 300 g/mol. The zero-order valence-corrected chi connectivity index (χ0v) is 11.6. The van der Waals surface area contributed by atoms with E-state index in [-0.39, 0.29) is 11.8 Å². The normalized spacial score (nSPS) is 14.0. The van der Waals surface area contributed by atoms with Gasteiger partial charge in [0.05, 0.1) is 0 Å². The number of pyridine rings is 1. The molecule has 1 aromatic heterocycles. The molecule has 0 amide bonds. The first-order valence-electron chi connectivity index (χ1n) is 5.28. The van der Waals surface area contributed by atoms with Crippen LogP contribution in [0.2, 0.25) is 0 Å². The van der Waals surface area contributed by atoms with Crippen molar-refractivity contribution in [3.8, 4) is 0 Å². The van der Waals surface area contributed by atoms with E-state index in [9.17, 15) is 0 Å². The van der Waals surface area contributed by atoms with Gasteiger partial charge in [0.25, 0.3) is 0 Å². The molecule has 0 saturated heterocycles. The summed E-state index contributed by atoms with van der Waals surface area (Å²) in [7, 11) is 1.99. The quantitative estimate of drug-likeness (QED) is 0.375. The molecular formula is C11H17BrN4O. The lowest BCUT2D eigenvalue weighted by Gasteiger charge is -2.20. The minimum atomic E-state index is 0.0186. The topological polar surface area (TPSA) is 74.7 Å². The van der Waals surface area contributed by atoms with Gasteiger partial charge in [-0.3, -0.25) is 4.98 Å². The molecule has 1 unspecified atom stereocenters. The first kappa shape index (κ1) is 13.9.